The first kappa shape index (κ1) is 10.6. The highest BCUT2D eigenvalue weighted by Crippen LogP contribution is 2.06. The van der Waals surface area contributed by atoms with Crippen LogP contribution in [0.25, 0.3) is 0 Å². The van der Waals surface area contributed by atoms with E-state index in [-0.39, 0.29) is 11.8 Å². The van der Waals surface area contributed by atoms with Crippen molar-refractivity contribution in [2.24, 2.45) is 5.92 Å². The SMILES string of the molecule is CNC(CCC(C)C)C(C)=O. The number of Topliss-reactive ketones (excluding diaryl/α,β-unsaturated/α-hetero) is 1. The fourth-order valence-electron chi connectivity index (χ4n) is 1.05. The molecule has 0 heterocycles. The van der Waals surface area contributed by atoms with Crippen LogP contribution in [0.4, 0.5) is 0 Å². The highest BCUT2D eigenvalue weighted by molar-refractivity contribution is 5.81. The minimum absolute atomic E-state index is 0.0670. The van der Waals surface area contributed by atoms with Gasteiger partial charge >= 0.3 is 0 Å². The number of carbonyl (C=O) groups is 1. The van der Waals surface area contributed by atoms with Gasteiger partial charge in [-0.1, -0.05) is 13.8 Å². The Balaban J connectivity index is 3.61. The predicted octanol–water partition coefficient (Wildman–Crippen LogP) is 1.60. The number of carbonyl (C=O) groups excluding carboxylic acids is 1. The molecule has 0 amide bonds. The summed E-state index contributed by atoms with van der Waals surface area (Å²) in [5, 5.41) is 3.01. The summed E-state index contributed by atoms with van der Waals surface area (Å²) in [6, 6.07) is 0.0670. The third kappa shape index (κ3) is 4.96. The molecule has 0 aromatic heterocycles. The quantitative estimate of drug-likeness (QED) is 0.656. The van der Waals surface area contributed by atoms with Gasteiger partial charge in [0.2, 0.25) is 0 Å². The number of likely N-dealkylation sites (N-methyl/N-ethyl adjacent to an activating group) is 1. The van der Waals surface area contributed by atoms with E-state index in [2.05, 4.69) is 19.2 Å². The molecule has 0 aromatic carbocycles. The minimum Gasteiger partial charge on any atom is -0.311 e. The van der Waals surface area contributed by atoms with Crippen LogP contribution in [0.15, 0.2) is 0 Å². The topological polar surface area (TPSA) is 29.1 Å². The summed E-state index contributed by atoms with van der Waals surface area (Å²) in [7, 11) is 1.84. The molecule has 1 atom stereocenters. The molecule has 66 valence electrons. The Bertz CT molecular complexity index is 121. The molecular formula is C9H19NO. The molecule has 1 unspecified atom stereocenters. The Morgan fingerprint density at radius 3 is 2.18 bits per heavy atom. The van der Waals surface area contributed by atoms with Gasteiger partial charge < -0.3 is 5.32 Å². The van der Waals surface area contributed by atoms with Crippen LogP contribution in [-0.2, 0) is 4.79 Å². The summed E-state index contributed by atoms with van der Waals surface area (Å²) in [5.74, 6) is 0.929. The number of hydrogen-bond donors (Lipinski definition) is 1. The van der Waals surface area contributed by atoms with Gasteiger partial charge in [0.15, 0.2) is 0 Å². The molecule has 0 aliphatic rings. The largest absolute Gasteiger partial charge is 0.311 e. The first-order valence-corrected chi connectivity index (χ1v) is 4.25. The van der Waals surface area contributed by atoms with Gasteiger partial charge in [0.1, 0.15) is 5.78 Å². The molecule has 0 saturated carbocycles. The fourth-order valence-corrected chi connectivity index (χ4v) is 1.05. The Labute approximate surface area is 69.4 Å². The third-order valence-corrected chi connectivity index (χ3v) is 1.87. The first-order valence-electron chi connectivity index (χ1n) is 4.25. The van der Waals surface area contributed by atoms with Crippen LogP contribution in [0.2, 0.25) is 0 Å². The van der Waals surface area contributed by atoms with Crippen molar-refractivity contribution in [3.63, 3.8) is 0 Å². The second-order valence-corrected chi connectivity index (χ2v) is 3.42. The molecule has 2 heteroatoms. The van der Waals surface area contributed by atoms with Crippen LogP contribution in [0.3, 0.4) is 0 Å². The molecule has 0 radical (unpaired) electrons. The maximum absolute atomic E-state index is 10.9. The molecule has 2 nitrogen and oxygen atoms in total. The van der Waals surface area contributed by atoms with Crippen molar-refractivity contribution in [3.8, 4) is 0 Å². The highest BCUT2D eigenvalue weighted by atomic mass is 16.1. The van der Waals surface area contributed by atoms with Crippen LogP contribution in [0.1, 0.15) is 33.6 Å². The van der Waals surface area contributed by atoms with Gasteiger partial charge in [-0.05, 0) is 32.7 Å². The second kappa shape index (κ2) is 5.30. The van der Waals surface area contributed by atoms with E-state index >= 15 is 0 Å². The lowest BCUT2D eigenvalue weighted by atomic mass is 10.0. The second-order valence-electron chi connectivity index (χ2n) is 3.42. The summed E-state index contributed by atoms with van der Waals surface area (Å²) in [6.45, 7) is 5.99. The van der Waals surface area contributed by atoms with Crippen LogP contribution in [0.5, 0.6) is 0 Å². The minimum atomic E-state index is 0.0670. The first-order chi connectivity index (χ1) is 5.07. The Kier molecular flexibility index (Phi) is 5.12. The summed E-state index contributed by atoms with van der Waals surface area (Å²) in [5.41, 5.74) is 0. The summed E-state index contributed by atoms with van der Waals surface area (Å²) < 4.78 is 0. The highest BCUT2D eigenvalue weighted by Gasteiger charge is 2.10. The molecule has 0 aliphatic heterocycles. The van der Waals surface area contributed by atoms with E-state index in [4.69, 9.17) is 0 Å². The molecule has 11 heavy (non-hydrogen) atoms. The van der Waals surface area contributed by atoms with E-state index in [1.807, 2.05) is 7.05 Å². The standard InChI is InChI=1S/C9H19NO/c1-7(2)5-6-9(10-4)8(3)11/h7,9-10H,5-6H2,1-4H3. The number of rotatable bonds is 5. The summed E-state index contributed by atoms with van der Waals surface area (Å²) in [6.07, 6.45) is 2.08. The summed E-state index contributed by atoms with van der Waals surface area (Å²) >= 11 is 0. The van der Waals surface area contributed by atoms with E-state index in [1.54, 1.807) is 6.92 Å². The lowest BCUT2D eigenvalue weighted by Crippen LogP contribution is -2.32. The van der Waals surface area contributed by atoms with Crippen LogP contribution in [-0.4, -0.2) is 18.9 Å². The van der Waals surface area contributed by atoms with Crippen molar-refractivity contribution in [1.82, 2.24) is 5.32 Å². The molecular weight excluding hydrogens is 138 g/mol. The van der Waals surface area contributed by atoms with Gasteiger partial charge in [-0.2, -0.15) is 0 Å². The zero-order valence-corrected chi connectivity index (χ0v) is 7.98. The molecule has 0 fully saturated rings. The van der Waals surface area contributed by atoms with Crippen molar-refractivity contribution in [3.05, 3.63) is 0 Å². The average molecular weight is 157 g/mol. The molecule has 1 N–H and O–H groups in total. The average Bonchev–Trinajstić information content (AvgIpc) is 1.87. The van der Waals surface area contributed by atoms with Gasteiger partial charge in [0.05, 0.1) is 6.04 Å². The van der Waals surface area contributed by atoms with Crippen LogP contribution in [0, 0.1) is 5.92 Å². The van der Waals surface area contributed by atoms with Gasteiger partial charge in [-0.3, -0.25) is 4.79 Å². The van der Waals surface area contributed by atoms with E-state index in [0.29, 0.717) is 5.92 Å². The molecule has 0 spiro atoms. The molecule has 0 aromatic rings. The molecule has 0 bridgehead atoms. The number of ketones is 1. The Hall–Kier alpha value is -0.370. The normalized spacial score (nSPS) is 13.5. The number of nitrogens with one attached hydrogen (secondary N) is 1. The van der Waals surface area contributed by atoms with Crippen molar-refractivity contribution in [1.29, 1.82) is 0 Å². The zero-order valence-electron chi connectivity index (χ0n) is 7.98. The van der Waals surface area contributed by atoms with E-state index in [9.17, 15) is 4.79 Å². The zero-order chi connectivity index (χ0) is 8.85. The van der Waals surface area contributed by atoms with Gasteiger partial charge in [0, 0.05) is 0 Å². The third-order valence-electron chi connectivity index (χ3n) is 1.87. The summed E-state index contributed by atoms with van der Waals surface area (Å²) in [4.78, 5) is 10.9. The van der Waals surface area contributed by atoms with E-state index in [0.717, 1.165) is 12.8 Å². The molecule has 0 saturated heterocycles. The van der Waals surface area contributed by atoms with E-state index in [1.165, 1.54) is 0 Å². The Morgan fingerprint density at radius 2 is 1.91 bits per heavy atom. The van der Waals surface area contributed by atoms with Crippen molar-refractivity contribution in [2.45, 2.75) is 39.7 Å². The maximum Gasteiger partial charge on any atom is 0.146 e. The van der Waals surface area contributed by atoms with Crippen molar-refractivity contribution < 1.29 is 4.79 Å². The molecule has 0 aliphatic carbocycles. The van der Waals surface area contributed by atoms with Crippen molar-refractivity contribution in [2.75, 3.05) is 7.05 Å². The maximum atomic E-state index is 10.9. The van der Waals surface area contributed by atoms with E-state index < -0.39 is 0 Å². The monoisotopic (exact) mass is 157 g/mol. The van der Waals surface area contributed by atoms with Gasteiger partial charge in [-0.25, -0.2) is 0 Å². The van der Waals surface area contributed by atoms with Gasteiger partial charge in [0.25, 0.3) is 0 Å². The smallest absolute Gasteiger partial charge is 0.146 e. The molecule has 0 rings (SSSR count). The van der Waals surface area contributed by atoms with Crippen LogP contribution >= 0.6 is 0 Å². The predicted molar refractivity (Wildman–Crippen MR) is 47.6 cm³/mol. The van der Waals surface area contributed by atoms with Crippen LogP contribution < -0.4 is 5.32 Å². The van der Waals surface area contributed by atoms with Crippen molar-refractivity contribution >= 4 is 5.78 Å². The lowest BCUT2D eigenvalue weighted by Gasteiger charge is -2.13. The van der Waals surface area contributed by atoms with Gasteiger partial charge in [-0.15, -0.1) is 0 Å². The number of hydrogen-bond acceptors (Lipinski definition) is 2. The fraction of sp³-hybridized carbons (Fsp3) is 0.889. The lowest BCUT2D eigenvalue weighted by molar-refractivity contribution is -0.119. The Morgan fingerprint density at radius 1 is 1.36 bits per heavy atom.